The van der Waals surface area contributed by atoms with Crippen LogP contribution in [0.5, 0.6) is 0 Å². The van der Waals surface area contributed by atoms with Crippen molar-refractivity contribution >= 4 is 11.6 Å². The molecule has 0 N–H and O–H groups in total. The number of aryl methyl sites for hydroxylation is 1. The minimum absolute atomic E-state index is 0.125. The van der Waals surface area contributed by atoms with E-state index in [1.54, 1.807) is 29.7 Å². The molecule has 25 heavy (non-hydrogen) atoms. The van der Waals surface area contributed by atoms with Gasteiger partial charge < -0.3 is 4.90 Å². The predicted molar refractivity (Wildman–Crippen MR) is 89.1 cm³/mol. The molecule has 130 valence electrons. The number of nitrogens with zero attached hydrogens (tertiary/aromatic N) is 4. The Labute approximate surface area is 143 Å². The Morgan fingerprint density at radius 2 is 1.84 bits per heavy atom. The van der Waals surface area contributed by atoms with Crippen molar-refractivity contribution < 1.29 is 13.6 Å². The molecular weight excluding hydrogens is 326 g/mol. The van der Waals surface area contributed by atoms with Crippen molar-refractivity contribution in [2.24, 2.45) is 0 Å². The number of carbonyl (C=O) groups is 1. The van der Waals surface area contributed by atoms with Gasteiger partial charge in [0, 0.05) is 24.7 Å². The minimum Gasteiger partial charge on any atom is -0.334 e. The monoisotopic (exact) mass is 344 g/mol. The van der Waals surface area contributed by atoms with E-state index >= 15 is 0 Å². The van der Waals surface area contributed by atoms with Crippen LogP contribution >= 0.6 is 0 Å². The second kappa shape index (κ2) is 6.96. The molecule has 2 heterocycles. The first-order valence-electron chi connectivity index (χ1n) is 8.11. The Bertz CT molecular complexity index is 902. The van der Waals surface area contributed by atoms with Gasteiger partial charge in [0.1, 0.15) is 17.5 Å². The summed E-state index contributed by atoms with van der Waals surface area (Å²) < 4.78 is 29.6. The Kier molecular flexibility index (Phi) is 4.74. The predicted octanol–water partition coefficient (Wildman–Crippen LogP) is 3.23. The number of pyridine rings is 1. The van der Waals surface area contributed by atoms with Crippen molar-refractivity contribution in [3.63, 3.8) is 0 Å². The topological polar surface area (TPSA) is 50.5 Å². The number of aromatic nitrogens is 3. The lowest BCUT2D eigenvalue weighted by Gasteiger charge is -2.21. The Balaban J connectivity index is 1.97. The molecule has 0 saturated carbocycles. The maximum atomic E-state index is 13.9. The molecular formula is C18H18F2N4O. The van der Waals surface area contributed by atoms with Crippen LogP contribution in [0.3, 0.4) is 0 Å². The summed E-state index contributed by atoms with van der Waals surface area (Å²) in [6.07, 6.45) is 2.47. The molecule has 1 amide bonds. The summed E-state index contributed by atoms with van der Waals surface area (Å²) in [7, 11) is 0. The fraction of sp³-hybridized carbons (Fsp3) is 0.278. The Morgan fingerprint density at radius 3 is 2.48 bits per heavy atom. The number of halogens is 2. The lowest BCUT2D eigenvalue weighted by molar-refractivity contribution is 0.0751. The van der Waals surface area contributed by atoms with Crippen LogP contribution in [0.2, 0.25) is 0 Å². The SMILES string of the molecule is CCc1nnc2c(C(=O)N(CC)Cc3c(F)cccc3F)cccn12. The number of hydrogen-bond donors (Lipinski definition) is 0. The van der Waals surface area contributed by atoms with Crippen molar-refractivity contribution in [2.45, 2.75) is 26.8 Å². The van der Waals surface area contributed by atoms with Crippen LogP contribution < -0.4 is 0 Å². The minimum atomic E-state index is -0.666. The highest BCUT2D eigenvalue weighted by molar-refractivity contribution is 5.99. The molecule has 0 bridgehead atoms. The van der Waals surface area contributed by atoms with E-state index in [2.05, 4.69) is 10.2 Å². The van der Waals surface area contributed by atoms with Crippen molar-refractivity contribution in [1.29, 1.82) is 0 Å². The first kappa shape index (κ1) is 17.0. The lowest BCUT2D eigenvalue weighted by atomic mass is 10.1. The Hall–Kier alpha value is -2.83. The molecule has 0 aliphatic rings. The molecule has 2 aromatic heterocycles. The molecule has 0 unspecified atom stereocenters. The van der Waals surface area contributed by atoms with Gasteiger partial charge in [-0.1, -0.05) is 13.0 Å². The van der Waals surface area contributed by atoms with E-state index in [9.17, 15) is 13.6 Å². The standard InChI is InChI=1S/C18H18F2N4O/c1-3-16-21-22-17-12(7-6-10-24(16)17)18(25)23(4-2)11-13-14(19)8-5-9-15(13)20/h5-10H,3-4,11H2,1-2H3. The molecule has 0 aliphatic heterocycles. The number of hydrogen-bond acceptors (Lipinski definition) is 3. The van der Waals surface area contributed by atoms with Gasteiger partial charge in [0.25, 0.3) is 5.91 Å². The smallest absolute Gasteiger partial charge is 0.258 e. The fourth-order valence-electron chi connectivity index (χ4n) is 2.74. The molecule has 0 fully saturated rings. The zero-order valence-electron chi connectivity index (χ0n) is 14.0. The zero-order chi connectivity index (χ0) is 18.0. The van der Waals surface area contributed by atoms with Crippen LogP contribution in [0.1, 0.15) is 35.6 Å². The summed E-state index contributed by atoms with van der Waals surface area (Å²) >= 11 is 0. The lowest BCUT2D eigenvalue weighted by Crippen LogP contribution is -2.31. The average molecular weight is 344 g/mol. The van der Waals surface area contributed by atoms with Gasteiger partial charge in [0.2, 0.25) is 0 Å². The van der Waals surface area contributed by atoms with Crippen LogP contribution in [0.15, 0.2) is 36.5 Å². The van der Waals surface area contributed by atoms with E-state index in [-0.39, 0.29) is 18.0 Å². The summed E-state index contributed by atoms with van der Waals surface area (Å²) in [4.78, 5) is 14.3. The van der Waals surface area contributed by atoms with E-state index in [1.165, 1.54) is 23.1 Å². The number of benzene rings is 1. The van der Waals surface area contributed by atoms with Gasteiger partial charge >= 0.3 is 0 Å². The highest BCUT2D eigenvalue weighted by Crippen LogP contribution is 2.18. The normalized spacial score (nSPS) is 11.0. The van der Waals surface area contributed by atoms with Crippen molar-refractivity contribution in [1.82, 2.24) is 19.5 Å². The highest BCUT2D eigenvalue weighted by Gasteiger charge is 2.22. The van der Waals surface area contributed by atoms with Crippen LogP contribution in [0.4, 0.5) is 8.78 Å². The van der Waals surface area contributed by atoms with Crippen LogP contribution in [-0.4, -0.2) is 31.9 Å². The van der Waals surface area contributed by atoms with Crippen molar-refractivity contribution in [2.75, 3.05) is 6.54 Å². The fourth-order valence-corrected chi connectivity index (χ4v) is 2.74. The Morgan fingerprint density at radius 1 is 1.12 bits per heavy atom. The molecule has 3 rings (SSSR count). The number of fused-ring (bicyclic) bond motifs is 1. The number of carbonyl (C=O) groups excluding carboxylic acids is 1. The average Bonchev–Trinajstić information content (AvgIpc) is 3.04. The number of amides is 1. The summed E-state index contributed by atoms with van der Waals surface area (Å²) in [5.41, 5.74) is 0.672. The van der Waals surface area contributed by atoms with Gasteiger partial charge in [-0.3, -0.25) is 9.20 Å². The molecule has 3 aromatic rings. The van der Waals surface area contributed by atoms with E-state index in [0.717, 1.165) is 5.82 Å². The molecule has 0 saturated heterocycles. The third kappa shape index (κ3) is 3.09. The van der Waals surface area contributed by atoms with Gasteiger partial charge in [-0.05, 0) is 31.2 Å². The largest absolute Gasteiger partial charge is 0.334 e. The molecule has 0 radical (unpaired) electrons. The van der Waals surface area contributed by atoms with E-state index in [0.29, 0.717) is 24.2 Å². The maximum Gasteiger partial charge on any atom is 0.258 e. The molecule has 0 atom stereocenters. The van der Waals surface area contributed by atoms with Crippen molar-refractivity contribution in [3.05, 3.63) is 65.1 Å². The van der Waals surface area contributed by atoms with Crippen LogP contribution in [0.25, 0.3) is 5.65 Å². The van der Waals surface area contributed by atoms with Crippen molar-refractivity contribution in [3.8, 4) is 0 Å². The van der Waals surface area contributed by atoms with E-state index < -0.39 is 11.6 Å². The molecule has 0 spiro atoms. The highest BCUT2D eigenvalue weighted by atomic mass is 19.1. The van der Waals surface area contributed by atoms with Gasteiger partial charge in [0.15, 0.2) is 5.65 Å². The summed E-state index contributed by atoms with van der Waals surface area (Å²) in [6.45, 7) is 3.87. The molecule has 1 aromatic carbocycles. The van der Waals surface area contributed by atoms with Gasteiger partial charge in [0.05, 0.1) is 12.1 Å². The van der Waals surface area contributed by atoms with Gasteiger partial charge in [-0.2, -0.15) is 0 Å². The number of rotatable bonds is 5. The maximum absolute atomic E-state index is 13.9. The van der Waals surface area contributed by atoms with E-state index in [1.807, 2.05) is 6.92 Å². The van der Waals surface area contributed by atoms with Gasteiger partial charge in [-0.25, -0.2) is 8.78 Å². The molecule has 0 aliphatic carbocycles. The summed E-state index contributed by atoms with van der Waals surface area (Å²) in [6, 6.07) is 7.05. The first-order valence-corrected chi connectivity index (χ1v) is 8.11. The van der Waals surface area contributed by atoms with Crippen LogP contribution in [-0.2, 0) is 13.0 Å². The second-order valence-electron chi connectivity index (χ2n) is 5.60. The van der Waals surface area contributed by atoms with Crippen LogP contribution in [0, 0.1) is 11.6 Å². The van der Waals surface area contributed by atoms with Gasteiger partial charge in [-0.15, -0.1) is 10.2 Å². The molecule has 7 heteroatoms. The third-order valence-corrected chi connectivity index (χ3v) is 4.13. The summed E-state index contributed by atoms with van der Waals surface area (Å²) in [5, 5.41) is 8.16. The third-order valence-electron chi connectivity index (χ3n) is 4.13. The zero-order valence-corrected chi connectivity index (χ0v) is 14.0. The van der Waals surface area contributed by atoms with E-state index in [4.69, 9.17) is 0 Å². The second-order valence-corrected chi connectivity index (χ2v) is 5.60. The summed E-state index contributed by atoms with van der Waals surface area (Å²) in [5.74, 6) is -0.931. The first-order chi connectivity index (χ1) is 12.1. The quantitative estimate of drug-likeness (QED) is 0.714. The molecule has 5 nitrogen and oxygen atoms in total.